The van der Waals surface area contributed by atoms with E-state index in [0.717, 1.165) is 5.56 Å². The Bertz CT molecular complexity index is 1420. The van der Waals surface area contributed by atoms with Gasteiger partial charge in [-0.2, -0.15) is 10.4 Å². The monoisotopic (exact) mass is 479 g/mol. The highest BCUT2D eigenvalue weighted by Gasteiger charge is 2.27. The van der Waals surface area contributed by atoms with E-state index in [9.17, 15) is 20.2 Å². The Labute approximate surface area is 198 Å². The lowest BCUT2D eigenvalue weighted by atomic mass is 9.93. The summed E-state index contributed by atoms with van der Waals surface area (Å²) in [6.45, 7) is 0.346. The van der Waals surface area contributed by atoms with Gasteiger partial charge in [0.15, 0.2) is 11.5 Å². The minimum atomic E-state index is -0.506. The number of nitro benzene ring substituents is 1. The molecule has 0 saturated carbocycles. The van der Waals surface area contributed by atoms with Gasteiger partial charge in [-0.3, -0.25) is 20.3 Å². The Morgan fingerprint density at radius 1 is 1.24 bits per heavy atom. The van der Waals surface area contributed by atoms with Crippen LogP contribution in [0.1, 0.15) is 16.7 Å². The Morgan fingerprint density at radius 2 is 1.91 bits per heavy atom. The molecular formula is C23H18ClN5O5. The second kappa shape index (κ2) is 9.25. The highest BCUT2D eigenvalue weighted by molar-refractivity contribution is 6.34. The minimum Gasteiger partial charge on any atom is -0.493 e. The molecule has 2 aromatic carbocycles. The quantitative estimate of drug-likeness (QED) is 0.321. The highest BCUT2D eigenvalue weighted by Crippen LogP contribution is 2.40. The van der Waals surface area contributed by atoms with E-state index in [1.165, 1.54) is 42.2 Å². The molecule has 172 valence electrons. The fourth-order valence-electron chi connectivity index (χ4n) is 3.83. The summed E-state index contributed by atoms with van der Waals surface area (Å²) in [6, 6.07) is 11.3. The predicted octanol–water partition coefficient (Wildman–Crippen LogP) is 3.97. The number of nitrogens with zero attached hydrogens (tertiary/aromatic N) is 4. The number of anilines is 1. The fraction of sp³-hybridized carbons (Fsp3) is 0.174. The molecule has 2 heterocycles. The molecule has 0 spiro atoms. The number of ether oxygens (including phenoxy) is 2. The van der Waals surface area contributed by atoms with Gasteiger partial charge in [-0.1, -0.05) is 11.6 Å². The van der Waals surface area contributed by atoms with Crippen molar-refractivity contribution in [3.05, 3.63) is 78.6 Å². The van der Waals surface area contributed by atoms with Gasteiger partial charge in [0.1, 0.15) is 6.07 Å². The van der Waals surface area contributed by atoms with Gasteiger partial charge in [-0.05, 0) is 36.2 Å². The van der Waals surface area contributed by atoms with Crippen molar-refractivity contribution in [2.75, 3.05) is 19.6 Å². The van der Waals surface area contributed by atoms with Gasteiger partial charge in [0.2, 0.25) is 0 Å². The molecule has 3 aromatic rings. The topological polar surface area (TPSA) is 132 Å². The summed E-state index contributed by atoms with van der Waals surface area (Å²) in [6.07, 6.45) is 1.79. The van der Waals surface area contributed by atoms with Crippen LogP contribution in [0.5, 0.6) is 11.5 Å². The zero-order valence-electron chi connectivity index (χ0n) is 18.2. The van der Waals surface area contributed by atoms with E-state index < -0.39 is 10.5 Å². The summed E-state index contributed by atoms with van der Waals surface area (Å²) in [5.74, 6) is 1.03. The van der Waals surface area contributed by atoms with E-state index in [-0.39, 0.29) is 21.8 Å². The second-order valence-corrected chi connectivity index (χ2v) is 7.69. The molecule has 34 heavy (non-hydrogen) atoms. The number of halogens is 1. The standard InChI is InChI=1S/C23H18ClN5O5/c1-33-19-9-13-7-8-28-22(16(13)10-20(19)34-2)17(11-25)21(24)18(23(28)30)12-26-27-14-3-5-15(6-4-14)29(31)32/h3-6,9-10,12,27H,7-8H2,1-2H3/b26-12+. The lowest BCUT2D eigenvalue weighted by Gasteiger charge is -2.25. The molecule has 1 aliphatic heterocycles. The first-order valence-corrected chi connectivity index (χ1v) is 10.4. The number of nitrogens with one attached hydrogen (secondary N) is 1. The van der Waals surface area contributed by atoms with Gasteiger partial charge < -0.3 is 14.0 Å². The summed E-state index contributed by atoms with van der Waals surface area (Å²) in [4.78, 5) is 23.5. The molecule has 0 fully saturated rings. The third-order valence-corrected chi connectivity index (χ3v) is 5.88. The Morgan fingerprint density at radius 3 is 2.53 bits per heavy atom. The fourth-order valence-corrected chi connectivity index (χ4v) is 4.09. The van der Waals surface area contributed by atoms with Gasteiger partial charge in [0, 0.05) is 24.2 Å². The molecule has 1 aromatic heterocycles. The van der Waals surface area contributed by atoms with E-state index in [1.807, 2.05) is 6.07 Å². The second-order valence-electron chi connectivity index (χ2n) is 7.31. The molecule has 0 radical (unpaired) electrons. The van der Waals surface area contributed by atoms with Crippen LogP contribution in [-0.4, -0.2) is 29.9 Å². The summed E-state index contributed by atoms with van der Waals surface area (Å²) in [7, 11) is 3.05. The average molecular weight is 480 g/mol. The number of fused-ring (bicyclic) bond motifs is 3. The zero-order valence-corrected chi connectivity index (χ0v) is 18.9. The van der Waals surface area contributed by atoms with Gasteiger partial charge in [0.05, 0.1) is 52.9 Å². The first kappa shape index (κ1) is 22.8. The Kier molecular flexibility index (Phi) is 6.21. The normalized spacial score (nSPS) is 11.9. The molecule has 1 N–H and O–H groups in total. The number of hydrazone groups is 1. The maximum Gasteiger partial charge on any atom is 0.269 e. The Hall–Kier alpha value is -4.36. The summed E-state index contributed by atoms with van der Waals surface area (Å²) in [5, 5.41) is 24.7. The number of aromatic nitrogens is 1. The van der Waals surface area contributed by atoms with Crippen molar-refractivity contribution in [3.8, 4) is 28.8 Å². The molecule has 0 saturated heterocycles. The number of hydrogen-bond acceptors (Lipinski definition) is 8. The number of aryl methyl sites for hydroxylation is 1. The molecule has 0 atom stereocenters. The summed E-state index contributed by atoms with van der Waals surface area (Å²) >= 11 is 6.50. The van der Waals surface area contributed by atoms with E-state index in [1.54, 1.807) is 13.2 Å². The molecule has 0 amide bonds. The molecule has 0 aliphatic carbocycles. The first-order chi connectivity index (χ1) is 16.4. The van der Waals surface area contributed by atoms with Crippen molar-refractivity contribution < 1.29 is 14.4 Å². The van der Waals surface area contributed by atoms with Crippen molar-refractivity contribution in [1.29, 1.82) is 5.26 Å². The SMILES string of the molecule is COc1cc2c(cc1OC)-c1c(C#N)c(Cl)c(/C=N/Nc3ccc([N+](=O)[O-])cc3)c(=O)n1CC2. The van der Waals surface area contributed by atoms with Crippen molar-refractivity contribution in [1.82, 2.24) is 4.57 Å². The first-order valence-electron chi connectivity index (χ1n) is 10.0. The summed E-state index contributed by atoms with van der Waals surface area (Å²) in [5.41, 5.74) is 4.93. The molecule has 11 heteroatoms. The largest absolute Gasteiger partial charge is 0.493 e. The molecule has 4 rings (SSSR count). The molecule has 10 nitrogen and oxygen atoms in total. The highest BCUT2D eigenvalue weighted by atomic mass is 35.5. The number of rotatable bonds is 6. The van der Waals surface area contributed by atoms with Crippen LogP contribution < -0.4 is 20.5 Å². The van der Waals surface area contributed by atoms with Crippen LogP contribution in [0, 0.1) is 21.4 Å². The van der Waals surface area contributed by atoms with E-state index in [4.69, 9.17) is 21.1 Å². The lowest BCUT2D eigenvalue weighted by molar-refractivity contribution is -0.384. The van der Waals surface area contributed by atoms with Crippen LogP contribution in [0.15, 0.2) is 46.3 Å². The van der Waals surface area contributed by atoms with Gasteiger partial charge in [-0.25, -0.2) is 0 Å². The van der Waals surface area contributed by atoms with Crippen LogP contribution in [0.25, 0.3) is 11.3 Å². The van der Waals surface area contributed by atoms with Crippen LogP contribution in [0.2, 0.25) is 5.02 Å². The maximum absolute atomic E-state index is 13.3. The molecule has 0 bridgehead atoms. The average Bonchev–Trinajstić information content (AvgIpc) is 2.85. The van der Waals surface area contributed by atoms with E-state index >= 15 is 0 Å². The Balaban J connectivity index is 1.76. The van der Waals surface area contributed by atoms with Crippen molar-refractivity contribution >= 4 is 29.2 Å². The van der Waals surface area contributed by atoms with Gasteiger partial charge >= 0.3 is 0 Å². The number of pyridine rings is 1. The molecule has 1 aliphatic rings. The number of nitro groups is 1. The van der Waals surface area contributed by atoms with Crippen LogP contribution in [0.3, 0.4) is 0 Å². The predicted molar refractivity (Wildman–Crippen MR) is 127 cm³/mol. The third kappa shape index (κ3) is 3.93. The van der Waals surface area contributed by atoms with Crippen molar-refractivity contribution in [2.45, 2.75) is 13.0 Å². The van der Waals surface area contributed by atoms with Gasteiger partial charge in [0.25, 0.3) is 11.2 Å². The molecule has 0 unspecified atom stereocenters. The zero-order chi connectivity index (χ0) is 24.4. The van der Waals surface area contributed by atoms with Crippen molar-refractivity contribution in [3.63, 3.8) is 0 Å². The summed E-state index contributed by atoms with van der Waals surface area (Å²) < 4.78 is 12.3. The van der Waals surface area contributed by atoms with Crippen LogP contribution in [0.4, 0.5) is 11.4 Å². The van der Waals surface area contributed by atoms with E-state index in [0.29, 0.717) is 41.4 Å². The number of methoxy groups -OCH3 is 2. The van der Waals surface area contributed by atoms with Crippen LogP contribution in [-0.2, 0) is 13.0 Å². The molecular weight excluding hydrogens is 462 g/mol. The minimum absolute atomic E-state index is 0.0179. The number of benzene rings is 2. The van der Waals surface area contributed by atoms with Crippen LogP contribution >= 0.6 is 11.6 Å². The van der Waals surface area contributed by atoms with Crippen molar-refractivity contribution in [2.24, 2.45) is 5.10 Å². The van der Waals surface area contributed by atoms with Gasteiger partial charge in [-0.15, -0.1) is 0 Å². The number of nitriles is 1. The number of hydrogen-bond donors (Lipinski definition) is 1. The lowest BCUT2D eigenvalue weighted by Crippen LogP contribution is -2.30. The number of non-ortho nitro benzene ring substituents is 1. The maximum atomic E-state index is 13.3. The third-order valence-electron chi connectivity index (χ3n) is 5.48. The smallest absolute Gasteiger partial charge is 0.269 e. The van der Waals surface area contributed by atoms with E-state index in [2.05, 4.69) is 16.6 Å².